The number of nitrogens with zero attached hydrogens (tertiary/aromatic N) is 1. The largest absolute Gasteiger partial charge is 0.352 e. The van der Waals surface area contributed by atoms with Crippen LogP contribution in [-0.4, -0.2) is 28.9 Å². The number of nitro groups is 1. The average Bonchev–Trinajstić information content (AvgIpc) is 2.46. The van der Waals surface area contributed by atoms with Gasteiger partial charge in [0.25, 0.3) is 11.6 Å². The minimum absolute atomic E-state index is 0.0910. The molecule has 20 heavy (non-hydrogen) atoms. The first-order chi connectivity index (χ1) is 9.59. The standard InChI is InChI=1S/C13H15BrN2O3S/c14-12-10(2-1-3-11(12)16(18)19)13(17)15-8-9-4-6-20-7-5-9/h1-3,9H,4-8H2,(H,15,17). The van der Waals surface area contributed by atoms with Crippen molar-refractivity contribution >= 4 is 39.3 Å². The van der Waals surface area contributed by atoms with Crippen molar-refractivity contribution in [3.63, 3.8) is 0 Å². The van der Waals surface area contributed by atoms with Crippen LogP contribution >= 0.6 is 27.7 Å². The van der Waals surface area contributed by atoms with Crippen molar-refractivity contribution in [2.24, 2.45) is 5.92 Å². The van der Waals surface area contributed by atoms with Gasteiger partial charge in [0.1, 0.15) is 4.47 Å². The third-order valence-corrected chi connectivity index (χ3v) is 5.19. The van der Waals surface area contributed by atoms with E-state index in [4.69, 9.17) is 0 Å². The summed E-state index contributed by atoms with van der Waals surface area (Å²) in [7, 11) is 0. The molecule has 0 spiro atoms. The fourth-order valence-electron chi connectivity index (χ4n) is 2.12. The molecular weight excluding hydrogens is 344 g/mol. The Bertz CT molecular complexity index is 518. The van der Waals surface area contributed by atoms with Crippen molar-refractivity contribution in [2.75, 3.05) is 18.1 Å². The molecule has 108 valence electrons. The van der Waals surface area contributed by atoms with E-state index in [1.54, 1.807) is 6.07 Å². The Balaban J connectivity index is 2.01. The Hall–Kier alpha value is -1.08. The summed E-state index contributed by atoms with van der Waals surface area (Å²) in [4.78, 5) is 22.5. The topological polar surface area (TPSA) is 72.2 Å². The lowest BCUT2D eigenvalue weighted by Gasteiger charge is -2.21. The summed E-state index contributed by atoms with van der Waals surface area (Å²) < 4.78 is 0.238. The molecule has 0 radical (unpaired) electrons. The van der Waals surface area contributed by atoms with Crippen LogP contribution in [-0.2, 0) is 0 Å². The van der Waals surface area contributed by atoms with Crippen molar-refractivity contribution in [3.8, 4) is 0 Å². The molecule has 1 aromatic rings. The van der Waals surface area contributed by atoms with E-state index in [2.05, 4.69) is 21.2 Å². The van der Waals surface area contributed by atoms with Gasteiger partial charge in [0.2, 0.25) is 0 Å². The molecule has 5 nitrogen and oxygen atoms in total. The maximum atomic E-state index is 12.1. The summed E-state index contributed by atoms with van der Waals surface area (Å²) in [5.74, 6) is 2.53. The fraction of sp³-hybridized carbons (Fsp3) is 0.462. The number of thioether (sulfide) groups is 1. The average molecular weight is 359 g/mol. The van der Waals surface area contributed by atoms with Crippen LogP contribution in [0.4, 0.5) is 5.69 Å². The molecular formula is C13H15BrN2O3S. The molecule has 0 bridgehead atoms. The molecule has 0 atom stereocenters. The summed E-state index contributed by atoms with van der Waals surface area (Å²) in [6, 6.07) is 4.48. The van der Waals surface area contributed by atoms with E-state index in [-0.39, 0.29) is 16.1 Å². The predicted molar refractivity (Wildman–Crippen MR) is 83.2 cm³/mol. The number of amides is 1. The summed E-state index contributed by atoms with van der Waals surface area (Å²) in [5, 5.41) is 13.7. The maximum Gasteiger partial charge on any atom is 0.284 e. The molecule has 1 aromatic carbocycles. The Kier molecular flexibility index (Phi) is 5.42. The molecule has 0 saturated carbocycles. The Labute approximate surface area is 129 Å². The van der Waals surface area contributed by atoms with Crippen LogP contribution in [0.25, 0.3) is 0 Å². The second kappa shape index (κ2) is 7.08. The van der Waals surface area contributed by atoms with Gasteiger partial charge >= 0.3 is 0 Å². The van der Waals surface area contributed by atoms with Gasteiger partial charge in [0, 0.05) is 12.6 Å². The zero-order chi connectivity index (χ0) is 14.5. The lowest BCUT2D eigenvalue weighted by Crippen LogP contribution is -2.31. The van der Waals surface area contributed by atoms with Gasteiger partial charge in [-0.05, 0) is 52.3 Å². The minimum atomic E-state index is -0.501. The molecule has 1 saturated heterocycles. The van der Waals surface area contributed by atoms with Crippen molar-refractivity contribution < 1.29 is 9.72 Å². The van der Waals surface area contributed by atoms with Gasteiger partial charge in [-0.15, -0.1) is 0 Å². The second-order valence-electron chi connectivity index (χ2n) is 4.66. The van der Waals surface area contributed by atoms with Gasteiger partial charge in [-0.2, -0.15) is 11.8 Å². The van der Waals surface area contributed by atoms with Gasteiger partial charge < -0.3 is 5.32 Å². The molecule has 1 N–H and O–H groups in total. The number of hydrogen-bond donors (Lipinski definition) is 1. The quantitative estimate of drug-likeness (QED) is 0.662. The second-order valence-corrected chi connectivity index (χ2v) is 6.68. The van der Waals surface area contributed by atoms with Gasteiger partial charge in [0.05, 0.1) is 10.5 Å². The Morgan fingerprint density at radius 3 is 2.80 bits per heavy atom. The van der Waals surface area contributed by atoms with Gasteiger partial charge in [0.15, 0.2) is 0 Å². The first-order valence-electron chi connectivity index (χ1n) is 6.38. The summed E-state index contributed by atoms with van der Waals surface area (Å²) in [5.41, 5.74) is 0.219. The summed E-state index contributed by atoms with van der Waals surface area (Å²) in [6.07, 6.45) is 2.22. The Morgan fingerprint density at radius 1 is 1.45 bits per heavy atom. The van der Waals surface area contributed by atoms with Crippen LogP contribution in [0.5, 0.6) is 0 Å². The van der Waals surface area contributed by atoms with Crippen molar-refractivity contribution in [1.82, 2.24) is 5.32 Å². The minimum Gasteiger partial charge on any atom is -0.352 e. The predicted octanol–water partition coefficient (Wildman–Crippen LogP) is 3.23. The molecule has 2 rings (SSSR count). The number of carbonyl (C=O) groups excluding carboxylic acids is 1. The van der Waals surface area contributed by atoms with E-state index in [9.17, 15) is 14.9 Å². The number of carbonyl (C=O) groups is 1. The number of nitro benzene ring substituents is 1. The van der Waals surface area contributed by atoms with E-state index in [0.717, 1.165) is 24.3 Å². The number of nitrogens with one attached hydrogen (secondary N) is 1. The molecule has 1 heterocycles. The summed E-state index contributed by atoms with van der Waals surface area (Å²) in [6.45, 7) is 0.633. The number of benzene rings is 1. The van der Waals surface area contributed by atoms with Crippen LogP contribution < -0.4 is 5.32 Å². The highest BCUT2D eigenvalue weighted by Crippen LogP contribution is 2.28. The number of hydrogen-bond acceptors (Lipinski definition) is 4. The zero-order valence-electron chi connectivity index (χ0n) is 10.8. The Morgan fingerprint density at radius 2 is 2.15 bits per heavy atom. The van der Waals surface area contributed by atoms with E-state index in [0.29, 0.717) is 18.0 Å². The van der Waals surface area contributed by atoms with E-state index >= 15 is 0 Å². The lowest BCUT2D eigenvalue weighted by atomic mass is 10.0. The van der Waals surface area contributed by atoms with Gasteiger partial charge in [-0.25, -0.2) is 0 Å². The molecule has 7 heteroatoms. The molecule has 0 aromatic heterocycles. The molecule has 1 aliphatic rings. The van der Waals surface area contributed by atoms with Crippen LogP contribution in [0.1, 0.15) is 23.2 Å². The third kappa shape index (κ3) is 3.73. The highest BCUT2D eigenvalue weighted by Gasteiger charge is 2.20. The van der Waals surface area contributed by atoms with E-state index < -0.39 is 4.92 Å². The molecule has 0 unspecified atom stereocenters. The normalized spacial score (nSPS) is 15.8. The molecule has 0 aliphatic carbocycles. The highest BCUT2D eigenvalue weighted by atomic mass is 79.9. The van der Waals surface area contributed by atoms with Crippen molar-refractivity contribution in [1.29, 1.82) is 0 Å². The van der Waals surface area contributed by atoms with Crippen LogP contribution in [0.3, 0.4) is 0 Å². The van der Waals surface area contributed by atoms with E-state index in [1.807, 2.05) is 11.8 Å². The first-order valence-corrected chi connectivity index (χ1v) is 8.33. The molecule has 1 amide bonds. The van der Waals surface area contributed by atoms with E-state index in [1.165, 1.54) is 12.1 Å². The zero-order valence-corrected chi connectivity index (χ0v) is 13.2. The monoisotopic (exact) mass is 358 g/mol. The smallest absolute Gasteiger partial charge is 0.284 e. The van der Waals surface area contributed by atoms with Crippen LogP contribution in [0.15, 0.2) is 22.7 Å². The SMILES string of the molecule is O=C(NCC1CCSCC1)c1cccc([N+](=O)[O-])c1Br. The molecule has 1 aliphatic heterocycles. The van der Waals surface area contributed by atoms with Crippen LogP contribution in [0.2, 0.25) is 0 Å². The maximum absolute atomic E-state index is 12.1. The van der Waals surface area contributed by atoms with Crippen molar-refractivity contribution in [3.05, 3.63) is 38.3 Å². The lowest BCUT2D eigenvalue weighted by molar-refractivity contribution is -0.385. The summed E-state index contributed by atoms with van der Waals surface area (Å²) >= 11 is 5.08. The third-order valence-electron chi connectivity index (χ3n) is 3.31. The van der Waals surface area contributed by atoms with Crippen molar-refractivity contribution in [2.45, 2.75) is 12.8 Å². The highest BCUT2D eigenvalue weighted by molar-refractivity contribution is 9.10. The fourth-order valence-corrected chi connectivity index (χ4v) is 3.91. The van der Waals surface area contributed by atoms with Crippen LogP contribution in [0, 0.1) is 16.0 Å². The number of halogens is 1. The molecule has 1 fully saturated rings. The van der Waals surface area contributed by atoms with Gasteiger partial charge in [-0.1, -0.05) is 6.07 Å². The van der Waals surface area contributed by atoms with Gasteiger partial charge in [-0.3, -0.25) is 14.9 Å². The number of rotatable bonds is 4. The first kappa shape index (κ1) is 15.3.